The standard InChI is InChI=1S/C9H20N2O3/c1-10-8(12)5-6-11(2)7-9(13-3)14-4/h9H,5-7H2,1-4H3,(H,10,12). The fourth-order valence-electron chi connectivity index (χ4n) is 1.01. The van der Waals surface area contributed by atoms with E-state index in [2.05, 4.69) is 5.32 Å². The van der Waals surface area contributed by atoms with E-state index in [9.17, 15) is 4.79 Å². The summed E-state index contributed by atoms with van der Waals surface area (Å²) in [6, 6.07) is 0. The summed E-state index contributed by atoms with van der Waals surface area (Å²) >= 11 is 0. The number of methoxy groups -OCH3 is 2. The van der Waals surface area contributed by atoms with Gasteiger partial charge in [0.1, 0.15) is 0 Å². The van der Waals surface area contributed by atoms with Crippen LogP contribution in [0.4, 0.5) is 0 Å². The van der Waals surface area contributed by atoms with Crippen molar-refractivity contribution in [1.82, 2.24) is 10.2 Å². The maximum absolute atomic E-state index is 10.9. The van der Waals surface area contributed by atoms with E-state index in [1.165, 1.54) is 0 Å². The van der Waals surface area contributed by atoms with Gasteiger partial charge in [0.25, 0.3) is 0 Å². The minimum atomic E-state index is -0.232. The van der Waals surface area contributed by atoms with Gasteiger partial charge in [0.05, 0.1) is 0 Å². The van der Waals surface area contributed by atoms with Crippen molar-refractivity contribution in [3.05, 3.63) is 0 Å². The summed E-state index contributed by atoms with van der Waals surface area (Å²) in [6.07, 6.45) is 0.261. The van der Waals surface area contributed by atoms with E-state index in [0.29, 0.717) is 19.5 Å². The first kappa shape index (κ1) is 13.4. The van der Waals surface area contributed by atoms with Gasteiger partial charge in [0.2, 0.25) is 5.91 Å². The van der Waals surface area contributed by atoms with Gasteiger partial charge in [0, 0.05) is 40.8 Å². The molecule has 0 aliphatic carbocycles. The average molecular weight is 204 g/mol. The molecule has 0 aliphatic rings. The summed E-state index contributed by atoms with van der Waals surface area (Å²) in [6.45, 7) is 1.35. The Balaban J connectivity index is 3.63. The molecule has 0 aromatic carbocycles. The Morgan fingerprint density at radius 1 is 1.43 bits per heavy atom. The Labute approximate surface area is 85.4 Å². The highest BCUT2D eigenvalue weighted by Gasteiger charge is 2.09. The first-order valence-corrected chi connectivity index (χ1v) is 4.58. The molecule has 0 aromatic rings. The normalized spacial score (nSPS) is 11.0. The molecule has 0 aromatic heterocycles. The lowest BCUT2D eigenvalue weighted by Gasteiger charge is -2.21. The highest BCUT2D eigenvalue weighted by atomic mass is 16.7. The van der Waals surface area contributed by atoms with E-state index in [1.807, 2.05) is 11.9 Å². The van der Waals surface area contributed by atoms with Crippen LogP contribution in [-0.2, 0) is 14.3 Å². The second-order valence-corrected chi connectivity index (χ2v) is 3.09. The zero-order chi connectivity index (χ0) is 11.0. The monoisotopic (exact) mass is 204 g/mol. The lowest BCUT2D eigenvalue weighted by atomic mass is 10.3. The Bertz CT molecular complexity index is 160. The van der Waals surface area contributed by atoms with Crippen molar-refractivity contribution in [1.29, 1.82) is 0 Å². The first-order chi connectivity index (χ1) is 6.63. The largest absolute Gasteiger partial charge is 0.359 e. The van der Waals surface area contributed by atoms with E-state index < -0.39 is 0 Å². The van der Waals surface area contributed by atoms with Crippen molar-refractivity contribution >= 4 is 5.91 Å². The molecule has 14 heavy (non-hydrogen) atoms. The summed E-state index contributed by atoms with van der Waals surface area (Å²) in [4.78, 5) is 12.9. The third-order valence-corrected chi connectivity index (χ3v) is 1.99. The summed E-state index contributed by atoms with van der Waals surface area (Å²) in [5.41, 5.74) is 0. The number of hydrogen-bond acceptors (Lipinski definition) is 4. The molecule has 1 amide bonds. The topological polar surface area (TPSA) is 50.8 Å². The molecule has 5 heteroatoms. The van der Waals surface area contributed by atoms with Crippen LogP contribution in [0.2, 0.25) is 0 Å². The van der Waals surface area contributed by atoms with Crippen LogP contribution >= 0.6 is 0 Å². The molecule has 0 radical (unpaired) electrons. The maximum atomic E-state index is 10.9. The van der Waals surface area contributed by atoms with Crippen molar-refractivity contribution in [2.75, 3.05) is 41.4 Å². The van der Waals surface area contributed by atoms with Gasteiger partial charge in [-0.1, -0.05) is 0 Å². The Hall–Kier alpha value is -0.650. The van der Waals surface area contributed by atoms with E-state index in [0.717, 1.165) is 0 Å². The fraction of sp³-hybridized carbons (Fsp3) is 0.889. The van der Waals surface area contributed by atoms with Gasteiger partial charge in [-0.05, 0) is 7.05 Å². The second-order valence-electron chi connectivity index (χ2n) is 3.09. The average Bonchev–Trinajstić information content (AvgIpc) is 2.22. The maximum Gasteiger partial charge on any atom is 0.221 e. The molecule has 0 rings (SSSR count). The molecule has 0 saturated heterocycles. The predicted octanol–water partition coefficient (Wildman–Crippen LogP) is -0.327. The molecule has 0 bridgehead atoms. The van der Waals surface area contributed by atoms with Crippen molar-refractivity contribution in [2.24, 2.45) is 0 Å². The van der Waals surface area contributed by atoms with E-state index in [4.69, 9.17) is 9.47 Å². The van der Waals surface area contributed by atoms with E-state index in [-0.39, 0.29) is 12.2 Å². The summed E-state index contributed by atoms with van der Waals surface area (Å²) < 4.78 is 10.1. The van der Waals surface area contributed by atoms with Crippen molar-refractivity contribution in [2.45, 2.75) is 12.7 Å². The molecule has 0 spiro atoms. The quantitative estimate of drug-likeness (QED) is 0.577. The molecular weight excluding hydrogens is 184 g/mol. The minimum Gasteiger partial charge on any atom is -0.359 e. The van der Waals surface area contributed by atoms with Crippen LogP contribution in [0.1, 0.15) is 6.42 Å². The van der Waals surface area contributed by atoms with Crippen molar-refractivity contribution in [3.8, 4) is 0 Å². The molecule has 0 fully saturated rings. The molecule has 84 valence electrons. The third kappa shape index (κ3) is 5.90. The molecule has 0 atom stereocenters. The molecule has 0 heterocycles. The van der Waals surface area contributed by atoms with E-state index >= 15 is 0 Å². The van der Waals surface area contributed by atoms with Gasteiger partial charge < -0.3 is 19.7 Å². The molecule has 0 unspecified atom stereocenters. The molecule has 0 aliphatic heterocycles. The van der Waals surface area contributed by atoms with Gasteiger partial charge in [-0.3, -0.25) is 4.79 Å². The summed E-state index contributed by atoms with van der Waals surface area (Å²) in [5.74, 6) is 0.0447. The van der Waals surface area contributed by atoms with Crippen LogP contribution in [0.5, 0.6) is 0 Å². The number of amides is 1. The number of nitrogens with zero attached hydrogens (tertiary/aromatic N) is 1. The number of nitrogens with one attached hydrogen (secondary N) is 1. The zero-order valence-corrected chi connectivity index (χ0v) is 9.37. The van der Waals surface area contributed by atoms with Crippen LogP contribution in [0.3, 0.4) is 0 Å². The smallest absolute Gasteiger partial charge is 0.221 e. The lowest BCUT2D eigenvalue weighted by molar-refractivity contribution is -0.123. The van der Waals surface area contributed by atoms with Crippen LogP contribution in [0.15, 0.2) is 0 Å². The Morgan fingerprint density at radius 3 is 2.43 bits per heavy atom. The van der Waals surface area contributed by atoms with Crippen LogP contribution in [0, 0.1) is 0 Å². The molecule has 1 N–H and O–H groups in total. The Kier molecular flexibility index (Phi) is 7.37. The highest BCUT2D eigenvalue weighted by molar-refractivity contribution is 5.75. The van der Waals surface area contributed by atoms with Gasteiger partial charge >= 0.3 is 0 Å². The van der Waals surface area contributed by atoms with Gasteiger partial charge in [-0.15, -0.1) is 0 Å². The molecule has 5 nitrogen and oxygen atoms in total. The van der Waals surface area contributed by atoms with Crippen molar-refractivity contribution in [3.63, 3.8) is 0 Å². The second kappa shape index (κ2) is 7.73. The summed E-state index contributed by atoms with van der Waals surface area (Å²) in [5, 5.41) is 2.57. The third-order valence-electron chi connectivity index (χ3n) is 1.99. The number of likely N-dealkylation sites (N-methyl/N-ethyl adjacent to an activating group) is 1. The first-order valence-electron chi connectivity index (χ1n) is 4.58. The molecule has 0 saturated carbocycles. The lowest BCUT2D eigenvalue weighted by Crippen LogP contribution is -2.34. The zero-order valence-electron chi connectivity index (χ0n) is 9.37. The van der Waals surface area contributed by atoms with Crippen LogP contribution in [-0.4, -0.2) is 58.5 Å². The van der Waals surface area contributed by atoms with Gasteiger partial charge in [0.15, 0.2) is 6.29 Å². The summed E-state index contributed by atoms with van der Waals surface area (Å²) in [7, 11) is 6.75. The van der Waals surface area contributed by atoms with E-state index in [1.54, 1.807) is 21.3 Å². The number of carbonyl (C=O) groups excluding carboxylic acids is 1. The van der Waals surface area contributed by atoms with Crippen molar-refractivity contribution < 1.29 is 14.3 Å². The van der Waals surface area contributed by atoms with Gasteiger partial charge in [-0.2, -0.15) is 0 Å². The fourth-order valence-corrected chi connectivity index (χ4v) is 1.01. The van der Waals surface area contributed by atoms with Crippen LogP contribution in [0.25, 0.3) is 0 Å². The number of ether oxygens (including phenoxy) is 2. The predicted molar refractivity (Wildman–Crippen MR) is 54.0 cm³/mol. The Morgan fingerprint density at radius 2 is 2.00 bits per heavy atom. The SMILES string of the molecule is CNC(=O)CCN(C)CC(OC)OC. The number of hydrogen-bond donors (Lipinski definition) is 1. The van der Waals surface area contributed by atoms with Crippen LogP contribution < -0.4 is 5.32 Å². The number of carbonyl (C=O) groups is 1. The van der Waals surface area contributed by atoms with Gasteiger partial charge in [-0.25, -0.2) is 0 Å². The number of rotatable bonds is 7. The molecular formula is C9H20N2O3. The minimum absolute atomic E-state index is 0.0447. The highest BCUT2D eigenvalue weighted by Crippen LogP contribution is 1.95.